The fourth-order valence-electron chi connectivity index (χ4n) is 1.66. The molecule has 2 aromatic rings. The first-order chi connectivity index (χ1) is 10.0. The summed E-state index contributed by atoms with van der Waals surface area (Å²) < 4.78 is 4.62. The highest BCUT2D eigenvalue weighted by atomic mass is 35.5. The highest BCUT2D eigenvalue weighted by Gasteiger charge is 2.12. The van der Waals surface area contributed by atoms with Crippen LogP contribution in [0.5, 0.6) is 0 Å². The molecule has 21 heavy (non-hydrogen) atoms. The van der Waals surface area contributed by atoms with Crippen molar-refractivity contribution in [2.75, 3.05) is 7.11 Å². The number of rotatable bonds is 4. The number of methoxy groups -OCH3 is 1. The van der Waals surface area contributed by atoms with Gasteiger partial charge in [0.25, 0.3) is 0 Å². The SMILES string of the molecule is COC(=O)c1ccc(Sc2ccc(Cl)cc2C(=O)O)cc1. The third-order valence-electron chi connectivity index (χ3n) is 2.68. The Bertz CT molecular complexity index is 683. The number of carbonyl (C=O) groups excluding carboxylic acids is 1. The lowest BCUT2D eigenvalue weighted by atomic mass is 10.2. The summed E-state index contributed by atoms with van der Waals surface area (Å²) in [5.74, 6) is -1.45. The fourth-order valence-corrected chi connectivity index (χ4v) is 2.75. The van der Waals surface area contributed by atoms with Crippen LogP contribution >= 0.6 is 23.4 Å². The van der Waals surface area contributed by atoms with E-state index in [1.165, 1.54) is 24.9 Å². The summed E-state index contributed by atoms with van der Waals surface area (Å²) in [6.45, 7) is 0. The molecule has 0 aliphatic heterocycles. The third-order valence-corrected chi connectivity index (χ3v) is 3.99. The van der Waals surface area contributed by atoms with E-state index in [-0.39, 0.29) is 5.56 Å². The van der Waals surface area contributed by atoms with E-state index in [9.17, 15) is 14.7 Å². The van der Waals surface area contributed by atoms with Crippen LogP contribution in [0.15, 0.2) is 52.3 Å². The molecule has 0 atom stereocenters. The first kappa shape index (κ1) is 15.4. The zero-order chi connectivity index (χ0) is 15.4. The molecule has 6 heteroatoms. The Morgan fingerprint density at radius 1 is 1.14 bits per heavy atom. The normalized spacial score (nSPS) is 10.2. The second kappa shape index (κ2) is 6.65. The molecule has 2 aromatic carbocycles. The van der Waals surface area contributed by atoms with Crippen LogP contribution in [0.3, 0.4) is 0 Å². The minimum Gasteiger partial charge on any atom is -0.478 e. The molecule has 0 radical (unpaired) electrons. The predicted molar refractivity (Wildman–Crippen MR) is 80.3 cm³/mol. The second-order valence-electron chi connectivity index (χ2n) is 4.06. The van der Waals surface area contributed by atoms with Crippen LogP contribution in [-0.4, -0.2) is 24.2 Å². The molecule has 0 heterocycles. The van der Waals surface area contributed by atoms with Crippen LogP contribution in [0, 0.1) is 0 Å². The molecule has 1 N–H and O–H groups in total. The molecule has 0 fully saturated rings. The van der Waals surface area contributed by atoms with Gasteiger partial charge in [0.15, 0.2) is 0 Å². The molecule has 2 rings (SSSR count). The van der Waals surface area contributed by atoms with Crippen LogP contribution in [0.2, 0.25) is 5.02 Å². The van der Waals surface area contributed by atoms with Crippen molar-refractivity contribution in [2.45, 2.75) is 9.79 Å². The summed E-state index contributed by atoms with van der Waals surface area (Å²) in [5, 5.41) is 9.56. The molecule has 108 valence electrons. The first-order valence-electron chi connectivity index (χ1n) is 5.90. The van der Waals surface area contributed by atoms with E-state index in [0.717, 1.165) is 4.90 Å². The van der Waals surface area contributed by atoms with Gasteiger partial charge >= 0.3 is 11.9 Å². The minimum absolute atomic E-state index is 0.143. The van der Waals surface area contributed by atoms with Crippen molar-refractivity contribution in [2.24, 2.45) is 0 Å². The molecule has 0 saturated carbocycles. The van der Waals surface area contributed by atoms with Gasteiger partial charge in [-0.1, -0.05) is 23.4 Å². The zero-order valence-corrected chi connectivity index (χ0v) is 12.6. The number of hydrogen-bond acceptors (Lipinski definition) is 4. The molecule has 0 unspecified atom stereocenters. The molecule has 4 nitrogen and oxygen atoms in total. The second-order valence-corrected chi connectivity index (χ2v) is 5.62. The van der Waals surface area contributed by atoms with Crippen LogP contribution in [-0.2, 0) is 4.74 Å². The highest BCUT2D eigenvalue weighted by Crippen LogP contribution is 2.32. The van der Waals surface area contributed by atoms with Crippen LogP contribution in [0.1, 0.15) is 20.7 Å². The van der Waals surface area contributed by atoms with Crippen molar-refractivity contribution >= 4 is 35.3 Å². The van der Waals surface area contributed by atoms with Gasteiger partial charge in [-0.15, -0.1) is 0 Å². The van der Waals surface area contributed by atoms with Crippen LogP contribution in [0.25, 0.3) is 0 Å². The molecule has 0 bridgehead atoms. The number of esters is 1. The molecular formula is C15H11ClO4S. The van der Waals surface area contributed by atoms with Crippen molar-refractivity contribution < 1.29 is 19.4 Å². The van der Waals surface area contributed by atoms with Gasteiger partial charge in [-0.3, -0.25) is 0 Å². The number of hydrogen-bond donors (Lipinski definition) is 1. The van der Waals surface area contributed by atoms with Gasteiger partial charge < -0.3 is 9.84 Å². The summed E-state index contributed by atoms with van der Waals surface area (Å²) in [6.07, 6.45) is 0. The predicted octanol–water partition coefficient (Wildman–Crippen LogP) is 3.98. The van der Waals surface area contributed by atoms with Gasteiger partial charge in [0.2, 0.25) is 0 Å². The Kier molecular flexibility index (Phi) is 4.88. The van der Waals surface area contributed by atoms with E-state index < -0.39 is 11.9 Å². The maximum atomic E-state index is 11.3. The monoisotopic (exact) mass is 322 g/mol. The van der Waals surface area contributed by atoms with Crippen molar-refractivity contribution in [3.63, 3.8) is 0 Å². The van der Waals surface area contributed by atoms with Crippen LogP contribution in [0.4, 0.5) is 0 Å². The first-order valence-corrected chi connectivity index (χ1v) is 7.10. The molecule has 0 aliphatic carbocycles. The largest absolute Gasteiger partial charge is 0.478 e. The number of benzene rings is 2. The Morgan fingerprint density at radius 3 is 2.38 bits per heavy atom. The van der Waals surface area contributed by atoms with Gasteiger partial charge in [0.05, 0.1) is 18.2 Å². The van der Waals surface area contributed by atoms with Crippen molar-refractivity contribution in [1.82, 2.24) is 0 Å². The van der Waals surface area contributed by atoms with Crippen molar-refractivity contribution in [1.29, 1.82) is 0 Å². The topological polar surface area (TPSA) is 63.6 Å². The third kappa shape index (κ3) is 3.77. The molecule has 0 aromatic heterocycles. The van der Waals surface area contributed by atoms with E-state index in [1.807, 2.05) is 0 Å². The average Bonchev–Trinajstić information content (AvgIpc) is 2.49. The van der Waals surface area contributed by atoms with E-state index in [2.05, 4.69) is 4.74 Å². The number of ether oxygens (including phenoxy) is 1. The van der Waals surface area contributed by atoms with Gasteiger partial charge in [-0.25, -0.2) is 9.59 Å². The average molecular weight is 323 g/mol. The summed E-state index contributed by atoms with van der Waals surface area (Å²) >= 11 is 7.10. The lowest BCUT2D eigenvalue weighted by molar-refractivity contribution is 0.0599. The summed E-state index contributed by atoms with van der Waals surface area (Å²) in [6, 6.07) is 11.4. The van der Waals surface area contributed by atoms with E-state index in [4.69, 9.17) is 11.6 Å². The van der Waals surface area contributed by atoms with Gasteiger partial charge in [-0.2, -0.15) is 0 Å². The molecule has 0 amide bonds. The summed E-state index contributed by atoms with van der Waals surface area (Å²) in [4.78, 5) is 23.9. The fraction of sp³-hybridized carbons (Fsp3) is 0.0667. The Hall–Kier alpha value is -1.98. The standard InChI is InChI=1S/C15H11ClO4S/c1-20-15(19)9-2-5-11(6-3-9)21-13-7-4-10(16)8-12(13)14(17)18/h2-8H,1H3,(H,17,18). The maximum absolute atomic E-state index is 11.3. The Morgan fingerprint density at radius 2 is 1.81 bits per heavy atom. The van der Waals surface area contributed by atoms with E-state index in [1.54, 1.807) is 36.4 Å². The van der Waals surface area contributed by atoms with Crippen molar-refractivity contribution in [3.8, 4) is 0 Å². The van der Waals surface area contributed by atoms with Gasteiger partial charge in [0, 0.05) is 14.8 Å². The number of aromatic carboxylic acids is 1. The van der Waals surface area contributed by atoms with Gasteiger partial charge in [0.1, 0.15) is 0 Å². The number of carboxylic acid groups (broad SMARTS) is 1. The molecule has 0 saturated heterocycles. The Labute approximate surface area is 130 Å². The number of halogens is 1. The minimum atomic E-state index is -1.04. The van der Waals surface area contributed by atoms with Crippen molar-refractivity contribution in [3.05, 3.63) is 58.6 Å². The van der Waals surface area contributed by atoms with Crippen LogP contribution < -0.4 is 0 Å². The maximum Gasteiger partial charge on any atom is 0.337 e. The zero-order valence-electron chi connectivity index (χ0n) is 11.0. The smallest absolute Gasteiger partial charge is 0.337 e. The summed E-state index contributed by atoms with van der Waals surface area (Å²) in [7, 11) is 1.32. The lowest BCUT2D eigenvalue weighted by Gasteiger charge is -2.07. The Balaban J connectivity index is 2.26. The lowest BCUT2D eigenvalue weighted by Crippen LogP contribution is -2.00. The van der Waals surface area contributed by atoms with E-state index >= 15 is 0 Å². The molecular weight excluding hydrogens is 312 g/mol. The van der Waals surface area contributed by atoms with Gasteiger partial charge in [-0.05, 0) is 42.5 Å². The molecule has 0 spiro atoms. The quantitative estimate of drug-likeness (QED) is 0.863. The van der Waals surface area contributed by atoms with E-state index in [0.29, 0.717) is 15.5 Å². The highest BCUT2D eigenvalue weighted by molar-refractivity contribution is 7.99. The number of carboxylic acids is 1. The molecule has 0 aliphatic rings. The summed E-state index contributed by atoms with van der Waals surface area (Å²) in [5.41, 5.74) is 0.584. The number of carbonyl (C=O) groups is 2.